The average Bonchev–Trinajstić information content (AvgIpc) is 2.86. The number of amides is 1. The Kier molecular flexibility index (Phi) is 6.33. The van der Waals surface area contributed by atoms with Crippen LogP contribution in [0.5, 0.6) is 0 Å². The summed E-state index contributed by atoms with van der Waals surface area (Å²) < 4.78 is 23.2. The average molecular weight is 376 g/mol. The summed E-state index contributed by atoms with van der Waals surface area (Å²) in [6.45, 7) is 6.11. The van der Waals surface area contributed by atoms with Crippen LogP contribution in [0.15, 0.2) is 24.3 Å². The molecule has 0 fully saturated rings. The Hall–Kier alpha value is -3.16. The monoisotopic (exact) mass is 376 g/mol. The van der Waals surface area contributed by atoms with Crippen LogP contribution in [0.1, 0.15) is 46.0 Å². The maximum Gasteiger partial charge on any atom is 0.355 e. The molecule has 7 nitrogen and oxygen atoms in total. The van der Waals surface area contributed by atoms with Crippen LogP contribution in [0, 0.1) is 19.7 Å². The molecule has 0 saturated carbocycles. The molecule has 1 aromatic heterocycles. The molecule has 1 amide bonds. The zero-order chi connectivity index (χ0) is 20.1. The van der Waals surface area contributed by atoms with E-state index in [-0.39, 0.29) is 23.0 Å². The predicted octanol–water partition coefficient (Wildman–Crippen LogP) is 3.13. The molecule has 0 aliphatic rings. The summed E-state index contributed by atoms with van der Waals surface area (Å²) in [6, 6.07) is 5.34. The number of carbonyl (C=O) groups is 3. The number of anilines is 1. The number of ether oxygens (including phenoxy) is 2. The van der Waals surface area contributed by atoms with Crippen molar-refractivity contribution < 1.29 is 28.2 Å². The lowest BCUT2D eigenvalue weighted by Gasteiger charge is -2.08. The molecule has 8 heteroatoms. The van der Waals surface area contributed by atoms with Crippen LogP contribution in [-0.2, 0) is 14.3 Å². The van der Waals surface area contributed by atoms with Gasteiger partial charge in [0.25, 0.3) is 5.91 Å². The molecule has 2 rings (SSSR count). The fourth-order valence-corrected chi connectivity index (χ4v) is 2.50. The van der Waals surface area contributed by atoms with Crippen LogP contribution in [0.4, 0.5) is 10.1 Å². The van der Waals surface area contributed by atoms with Gasteiger partial charge in [-0.05, 0) is 51.5 Å². The van der Waals surface area contributed by atoms with E-state index in [9.17, 15) is 18.8 Å². The first-order valence-electron chi connectivity index (χ1n) is 8.31. The van der Waals surface area contributed by atoms with Crippen LogP contribution in [0.25, 0.3) is 0 Å². The summed E-state index contributed by atoms with van der Waals surface area (Å²) in [5.41, 5.74) is 1.44. The molecular weight excluding hydrogens is 355 g/mol. The third-order valence-corrected chi connectivity index (χ3v) is 3.63. The smallest absolute Gasteiger partial charge is 0.355 e. The number of aryl methyl sites for hydroxylation is 1. The highest BCUT2D eigenvalue weighted by molar-refractivity contribution is 5.99. The van der Waals surface area contributed by atoms with Crippen molar-refractivity contribution in [2.45, 2.75) is 33.8 Å². The second-order valence-corrected chi connectivity index (χ2v) is 6.21. The van der Waals surface area contributed by atoms with Crippen molar-refractivity contribution in [3.05, 3.63) is 52.6 Å². The van der Waals surface area contributed by atoms with Gasteiger partial charge in [0.1, 0.15) is 11.5 Å². The van der Waals surface area contributed by atoms with Crippen molar-refractivity contribution in [1.82, 2.24) is 4.98 Å². The fraction of sp³-hybridized carbons (Fsp3) is 0.316. The summed E-state index contributed by atoms with van der Waals surface area (Å²) in [7, 11) is 0. The van der Waals surface area contributed by atoms with Crippen molar-refractivity contribution in [3.8, 4) is 0 Å². The second kappa shape index (κ2) is 8.48. The number of aromatic amines is 1. The van der Waals surface area contributed by atoms with Crippen molar-refractivity contribution >= 4 is 23.5 Å². The van der Waals surface area contributed by atoms with Crippen molar-refractivity contribution in [2.24, 2.45) is 0 Å². The van der Waals surface area contributed by atoms with Crippen LogP contribution < -0.4 is 5.32 Å². The summed E-state index contributed by atoms with van der Waals surface area (Å²) in [4.78, 5) is 39.0. The van der Waals surface area contributed by atoms with Gasteiger partial charge < -0.3 is 19.8 Å². The number of esters is 2. The van der Waals surface area contributed by atoms with Crippen LogP contribution in [0.2, 0.25) is 0 Å². The van der Waals surface area contributed by atoms with Crippen LogP contribution in [0.3, 0.4) is 0 Å². The molecule has 0 saturated heterocycles. The van der Waals surface area contributed by atoms with E-state index in [1.54, 1.807) is 27.7 Å². The van der Waals surface area contributed by atoms with Crippen molar-refractivity contribution in [3.63, 3.8) is 0 Å². The molecule has 2 N–H and O–H groups in total. The first-order valence-corrected chi connectivity index (χ1v) is 8.31. The van der Waals surface area contributed by atoms with E-state index < -0.39 is 30.3 Å². The molecule has 144 valence electrons. The molecule has 0 aliphatic carbocycles. The number of hydrogen-bond acceptors (Lipinski definition) is 5. The number of benzene rings is 1. The van der Waals surface area contributed by atoms with E-state index in [0.717, 1.165) is 6.07 Å². The number of aromatic nitrogens is 1. The first kappa shape index (κ1) is 20.2. The van der Waals surface area contributed by atoms with E-state index in [0.29, 0.717) is 11.3 Å². The Labute approximate surface area is 155 Å². The van der Waals surface area contributed by atoms with Gasteiger partial charge in [0, 0.05) is 11.4 Å². The predicted molar refractivity (Wildman–Crippen MR) is 96.1 cm³/mol. The normalized spacial score (nSPS) is 10.6. The van der Waals surface area contributed by atoms with Gasteiger partial charge in [0.15, 0.2) is 6.61 Å². The van der Waals surface area contributed by atoms with Gasteiger partial charge >= 0.3 is 11.9 Å². The zero-order valence-electron chi connectivity index (χ0n) is 15.5. The summed E-state index contributed by atoms with van der Waals surface area (Å²) >= 11 is 0. The van der Waals surface area contributed by atoms with Gasteiger partial charge in [0.2, 0.25) is 0 Å². The standard InChI is InChI=1S/C19H21FN2O5/c1-10(2)27-18(24)16-11(3)17(21-12(16)4)19(25)26-9-15(23)22-14-7-5-6-13(20)8-14/h5-8,10,21H,9H2,1-4H3,(H,22,23). The van der Waals surface area contributed by atoms with Gasteiger partial charge in [-0.1, -0.05) is 6.07 Å². The third-order valence-electron chi connectivity index (χ3n) is 3.63. The van der Waals surface area contributed by atoms with E-state index in [1.165, 1.54) is 18.2 Å². The zero-order valence-corrected chi connectivity index (χ0v) is 15.5. The Bertz CT molecular complexity index is 873. The largest absolute Gasteiger partial charge is 0.459 e. The maximum absolute atomic E-state index is 13.1. The van der Waals surface area contributed by atoms with Gasteiger partial charge in [-0.15, -0.1) is 0 Å². The molecule has 27 heavy (non-hydrogen) atoms. The van der Waals surface area contributed by atoms with E-state index in [4.69, 9.17) is 9.47 Å². The highest BCUT2D eigenvalue weighted by Crippen LogP contribution is 2.20. The Morgan fingerprint density at radius 3 is 2.52 bits per heavy atom. The second-order valence-electron chi connectivity index (χ2n) is 6.21. The molecule has 1 heterocycles. The molecule has 0 unspecified atom stereocenters. The molecule has 0 atom stereocenters. The molecule has 1 aromatic carbocycles. The lowest BCUT2D eigenvalue weighted by molar-refractivity contribution is -0.119. The molecule has 2 aromatic rings. The maximum atomic E-state index is 13.1. The highest BCUT2D eigenvalue weighted by Gasteiger charge is 2.24. The molecule has 0 radical (unpaired) electrons. The Balaban J connectivity index is 2.02. The lowest BCUT2D eigenvalue weighted by atomic mass is 10.1. The molecule has 0 bridgehead atoms. The number of H-pyrrole nitrogens is 1. The summed E-state index contributed by atoms with van der Waals surface area (Å²) in [5, 5.41) is 2.42. The van der Waals surface area contributed by atoms with Gasteiger partial charge in [0.05, 0.1) is 11.7 Å². The van der Waals surface area contributed by atoms with Gasteiger partial charge in [-0.25, -0.2) is 14.0 Å². The Morgan fingerprint density at radius 1 is 1.19 bits per heavy atom. The van der Waals surface area contributed by atoms with E-state index in [1.807, 2.05) is 0 Å². The van der Waals surface area contributed by atoms with Crippen LogP contribution in [-0.4, -0.2) is 35.5 Å². The van der Waals surface area contributed by atoms with Gasteiger partial charge in [-0.3, -0.25) is 4.79 Å². The Morgan fingerprint density at radius 2 is 1.89 bits per heavy atom. The summed E-state index contributed by atoms with van der Waals surface area (Å²) in [6.07, 6.45) is -0.298. The van der Waals surface area contributed by atoms with E-state index in [2.05, 4.69) is 10.3 Å². The lowest BCUT2D eigenvalue weighted by Crippen LogP contribution is -2.21. The number of rotatable bonds is 6. The van der Waals surface area contributed by atoms with E-state index >= 15 is 0 Å². The minimum atomic E-state index is -0.784. The topological polar surface area (TPSA) is 97.5 Å². The van der Waals surface area contributed by atoms with Crippen molar-refractivity contribution in [1.29, 1.82) is 0 Å². The molecular formula is C19H21FN2O5. The minimum absolute atomic E-state index is 0.0711. The highest BCUT2D eigenvalue weighted by atomic mass is 19.1. The quantitative estimate of drug-likeness (QED) is 0.755. The number of hydrogen-bond donors (Lipinski definition) is 2. The fourth-order valence-electron chi connectivity index (χ4n) is 2.50. The SMILES string of the molecule is Cc1[nH]c(C(=O)OCC(=O)Nc2cccc(F)c2)c(C)c1C(=O)OC(C)C. The number of carbonyl (C=O) groups excluding carboxylic acids is 3. The minimum Gasteiger partial charge on any atom is -0.459 e. The third kappa shape index (κ3) is 5.16. The van der Waals surface area contributed by atoms with Gasteiger partial charge in [-0.2, -0.15) is 0 Å². The number of nitrogens with one attached hydrogen (secondary N) is 2. The molecule has 0 aliphatic heterocycles. The van der Waals surface area contributed by atoms with Crippen molar-refractivity contribution in [2.75, 3.05) is 11.9 Å². The number of halogens is 1. The van der Waals surface area contributed by atoms with Crippen LogP contribution >= 0.6 is 0 Å². The molecule has 0 spiro atoms. The summed E-state index contributed by atoms with van der Waals surface area (Å²) in [5.74, 6) is -2.44. The first-order chi connectivity index (χ1) is 12.7.